The van der Waals surface area contributed by atoms with Crippen molar-refractivity contribution in [1.82, 2.24) is 0 Å². The fraction of sp³-hybridized carbons (Fsp3) is 1.00. The molecule has 0 aromatic heterocycles. The van der Waals surface area contributed by atoms with E-state index in [4.69, 9.17) is 4.74 Å². The SMILES string of the molecule is CC1CCC(C(O)C2CCCCCC2)O1. The molecule has 3 unspecified atom stereocenters. The molecule has 2 fully saturated rings. The summed E-state index contributed by atoms with van der Waals surface area (Å²) in [5.74, 6) is 0.503. The quantitative estimate of drug-likeness (QED) is 0.713. The summed E-state index contributed by atoms with van der Waals surface area (Å²) >= 11 is 0. The highest BCUT2D eigenvalue weighted by Crippen LogP contribution is 2.31. The van der Waals surface area contributed by atoms with Crippen LogP contribution in [0.4, 0.5) is 0 Å². The Labute approximate surface area is 93.0 Å². The Morgan fingerprint density at radius 2 is 1.67 bits per heavy atom. The first-order chi connectivity index (χ1) is 7.27. The van der Waals surface area contributed by atoms with Crippen LogP contribution in [0.2, 0.25) is 0 Å². The van der Waals surface area contributed by atoms with Crippen molar-refractivity contribution in [2.24, 2.45) is 5.92 Å². The Morgan fingerprint density at radius 1 is 1.00 bits per heavy atom. The van der Waals surface area contributed by atoms with Gasteiger partial charge in [-0.05, 0) is 38.5 Å². The van der Waals surface area contributed by atoms with Gasteiger partial charge in [-0.25, -0.2) is 0 Å². The zero-order valence-corrected chi connectivity index (χ0v) is 9.82. The summed E-state index contributed by atoms with van der Waals surface area (Å²) in [6.07, 6.45) is 10.2. The fourth-order valence-corrected chi connectivity index (χ4v) is 3.04. The molecule has 0 aromatic carbocycles. The van der Waals surface area contributed by atoms with Crippen LogP contribution in [0.1, 0.15) is 58.3 Å². The zero-order valence-electron chi connectivity index (χ0n) is 9.82. The normalized spacial score (nSPS) is 36.4. The number of rotatable bonds is 2. The summed E-state index contributed by atoms with van der Waals surface area (Å²) in [6.45, 7) is 2.11. The molecule has 88 valence electrons. The lowest BCUT2D eigenvalue weighted by Gasteiger charge is -2.26. The van der Waals surface area contributed by atoms with Crippen molar-refractivity contribution in [3.05, 3.63) is 0 Å². The summed E-state index contributed by atoms with van der Waals surface area (Å²) in [5.41, 5.74) is 0. The molecular weight excluding hydrogens is 188 g/mol. The molecule has 0 spiro atoms. The van der Waals surface area contributed by atoms with Gasteiger partial charge in [0.15, 0.2) is 0 Å². The maximum atomic E-state index is 10.3. The van der Waals surface area contributed by atoms with Gasteiger partial charge in [-0.1, -0.05) is 25.7 Å². The van der Waals surface area contributed by atoms with Crippen LogP contribution >= 0.6 is 0 Å². The second-order valence-electron chi connectivity index (χ2n) is 5.30. The third-order valence-corrected chi connectivity index (χ3v) is 4.03. The lowest BCUT2D eigenvalue weighted by atomic mass is 9.90. The van der Waals surface area contributed by atoms with E-state index in [0.717, 1.165) is 12.8 Å². The van der Waals surface area contributed by atoms with E-state index in [1.807, 2.05) is 0 Å². The molecule has 1 aliphatic heterocycles. The van der Waals surface area contributed by atoms with E-state index in [2.05, 4.69) is 6.92 Å². The van der Waals surface area contributed by atoms with Crippen LogP contribution in [0, 0.1) is 5.92 Å². The lowest BCUT2D eigenvalue weighted by molar-refractivity contribution is -0.0559. The number of ether oxygens (including phenoxy) is 1. The minimum absolute atomic E-state index is 0.128. The molecule has 2 nitrogen and oxygen atoms in total. The van der Waals surface area contributed by atoms with Crippen LogP contribution in [0.3, 0.4) is 0 Å². The monoisotopic (exact) mass is 212 g/mol. The number of aliphatic hydroxyl groups excluding tert-OH is 1. The van der Waals surface area contributed by atoms with E-state index in [0.29, 0.717) is 12.0 Å². The van der Waals surface area contributed by atoms with Crippen LogP contribution in [-0.2, 0) is 4.74 Å². The van der Waals surface area contributed by atoms with Gasteiger partial charge in [0.25, 0.3) is 0 Å². The van der Waals surface area contributed by atoms with Gasteiger partial charge in [0.2, 0.25) is 0 Å². The van der Waals surface area contributed by atoms with E-state index in [1.165, 1.54) is 38.5 Å². The summed E-state index contributed by atoms with van der Waals surface area (Å²) < 4.78 is 5.77. The topological polar surface area (TPSA) is 29.5 Å². The molecule has 0 aromatic rings. The first-order valence-electron chi connectivity index (χ1n) is 6.61. The van der Waals surface area contributed by atoms with Crippen molar-refractivity contribution in [3.8, 4) is 0 Å². The Kier molecular flexibility index (Phi) is 4.04. The molecule has 2 aliphatic rings. The molecule has 3 atom stereocenters. The highest BCUT2D eigenvalue weighted by atomic mass is 16.5. The second-order valence-corrected chi connectivity index (χ2v) is 5.30. The first-order valence-corrected chi connectivity index (χ1v) is 6.61. The predicted molar refractivity (Wildman–Crippen MR) is 60.8 cm³/mol. The van der Waals surface area contributed by atoms with Gasteiger partial charge in [-0.15, -0.1) is 0 Å². The average molecular weight is 212 g/mol. The van der Waals surface area contributed by atoms with E-state index in [-0.39, 0.29) is 12.2 Å². The Balaban J connectivity index is 1.85. The first kappa shape index (κ1) is 11.4. The van der Waals surface area contributed by atoms with E-state index in [1.54, 1.807) is 0 Å². The van der Waals surface area contributed by atoms with Crippen LogP contribution in [0.15, 0.2) is 0 Å². The molecule has 0 radical (unpaired) electrons. The minimum atomic E-state index is -0.201. The largest absolute Gasteiger partial charge is 0.390 e. The van der Waals surface area contributed by atoms with Gasteiger partial charge < -0.3 is 9.84 Å². The van der Waals surface area contributed by atoms with Crippen LogP contribution in [-0.4, -0.2) is 23.4 Å². The maximum Gasteiger partial charge on any atom is 0.0841 e. The molecule has 2 rings (SSSR count). The van der Waals surface area contributed by atoms with Gasteiger partial charge in [-0.3, -0.25) is 0 Å². The molecule has 1 saturated heterocycles. The number of hydrogen-bond acceptors (Lipinski definition) is 2. The van der Waals surface area contributed by atoms with Gasteiger partial charge in [0, 0.05) is 0 Å². The average Bonchev–Trinajstić information content (AvgIpc) is 2.53. The molecule has 0 amide bonds. The third-order valence-electron chi connectivity index (χ3n) is 4.03. The fourth-order valence-electron chi connectivity index (χ4n) is 3.04. The predicted octanol–water partition coefficient (Wildman–Crippen LogP) is 2.89. The van der Waals surface area contributed by atoms with Gasteiger partial charge in [0.05, 0.1) is 18.3 Å². The molecule has 2 heteroatoms. The summed E-state index contributed by atoms with van der Waals surface area (Å²) in [4.78, 5) is 0. The second kappa shape index (κ2) is 5.31. The Bertz CT molecular complexity index is 185. The summed E-state index contributed by atoms with van der Waals surface area (Å²) in [6, 6.07) is 0. The van der Waals surface area contributed by atoms with Gasteiger partial charge in [-0.2, -0.15) is 0 Å². The highest BCUT2D eigenvalue weighted by molar-refractivity contribution is 4.83. The Hall–Kier alpha value is -0.0800. The zero-order chi connectivity index (χ0) is 10.7. The standard InChI is InChI=1S/C13H24O2/c1-10-8-9-12(15-10)13(14)11-6-4-2-3-5-7-11/h10-14H,2-9H2,1H3. The third kappa shape index (κ3) is 2.94. The van der Waals surface area contributed by atoms with E-state index < -0.39 is 0 Å². The van der Waals surface area contributed by atoms with Crippen molar-refractivity contribution in [1.29, 1.82) is 0 Å². The van der Waals surface area contributed by atoms with Crippen LogP contribution in [0.25, 0.3) is 0 Å². The molecule has 1 saturated carbocycles. The lowest BCUT2D eigenvalue weighted by Crippen LogP contribution is -2.33. The van der Waals surface area contributed by atoms with Crippen molar-refractivity contribution in [3.63, 3.8) is 0 Å². The smallest absolute Gasteiger partial charge is 0.0841 e. The highest BCUT2D eigenvalue weighted by Gasteiger charge is 2.33. The Morgan fingerprint density at radius 3 is 2.20 bits per heavy atom. The molecule has 15 heavy (non-hydrogen) atoms. The van der Waals surface area contributed by atoms with E-state index >= 15 is 0 Å². The summed E-state index contributed by atoms with van der Waals surface area (Å²) in [5, 5.41) is 10.3. The molecular formula is C13H24O2. The van der Waals surface area contributed by atoms with Gasteiger partial charge in [0.1, 0.15) is 0 Å². The maximum absolute atomic E-state index is 10.3. The van der Waals surface area contributed by atoms with Crippen molar-refractivity contribution < 1.29 is 9.84 Å². The van der Waals surface area contributed by atoms with Crippen molar-refractivity contribution in [2.45, 2.75) is 76.6 Å². The summed E-state index contributed by atoms with van der Waals surface area (Å²) in [7, 11) is 0. The molecule has 1 N–H and O–H groups in total. The molecule has 1 aliphatic carbocycles. The number of hydrogen-bond donors (Lipinski definition) is 1. The minimum Gasteiger partial charge on any atom is -0.390 e. The van der Waals surface area contributed by atoms with Gasteiger partial charge >= 0.3 is 0 Å². The number of aliphatic hydroxyl groups is 1. The molecule has 0 bridgehead atoms. The van der Waals surface area contributed by atoms with Crippen LogP contribution in [0.5, 0.6) is 0 Å². The molecule has 1 heterocycles. The van der Waals surface area contributed by atoms with Crippen molar-refractivity contribution >= 4 is 0 Å². The van der Waals surface area contributed by atoms with Crippen molar-refractivity contribution in [2.75, 3.05) is 0 Å². The van der Waals surface area contributed by atoms with Crippen LogP contribution < -0.4 is 0 Å². The van der Waals surface area contributed by atoms with E-state index in [9.17, 15) is 5.11 Å².